The Morgan fingerprint density at radius 3 is 2.92 bits per heavy atom. The molecule has 0 aromatic heterocycles. The molecule has 0 aliphatic carbocycles. The van der Waals surface area contributed by atoms with E-state index in [0.29, 0.717) is 17.9 Å². The highest BCUT2D eigenvalue weighted by Crippen LogP contribution is 2.29. The van der Waals surface area contributed by atoms with Gasteiger partial charge in [0.1, 0.15) is 5.75 Å². The minimum atomic E-state index is -3.38. The Hall–Kier alpha value is -2.60. The van der Waals surface area contributed by atoms with Crippen molar-refractivity contribution in [2.24, 2.45) is 0 Å². The largest absolute Gasteiger partial charge is 0.493 e. The molecule has 2 heterocycles. The summed E-state index contributed by atoms with van der Waals surface area (Å²) in [6.07, 6.45) is 2.65. The van der Waals surface area contributed by atoms with Gasteiger partial charge in [-0.25, -0.2) is 8.42 Å². The summed E-state index contributed by atoms with van der Waals surface area (Å²) in [6.45, 7) is 0.683. The lowest BCUT2D eigenvalue weighted by Gasteiger charge is -2.08. The van der Waals surface area contributed by atoms with Crippen molar-refractivity contribution in [3.05, 3.63) is 58.5 Å². The van der Waals surface area contributed by atoms with Crippen molar-refractivity contribution in [2.45, 2.75) is 17.7 Å². The van der Waals surface area contributed by atoms with Crippen LogP contribution in [0.25, 0.3) is 6.08 Å². The van der Waals surface area contributed by atoms with E-state index in [9.17, 15) is 13.2 Å². The molecule has 5 nitrogen and oxygen atoms in total. The highest BCUT2D eigenvalue weighted by atomic mass is 32.2. The first-order valence-electron chi connectivity index (χ1n) is 7.63. The lowest BCUT2D eigenvalue weighted by atomic mass is 10.1. The summed E-state index contributed by atoms with van der Waals surface area (Å²) in [6, 6.07) is 10.6. The van der Waals surface area contributed by atoms with E-state index in [4.69, 9.17) is 4.74 Å². The van der Waals surface area contributed by atoms with Crippen LogP contribution in [0.1, 0.15) is 16.7 Å². The molecule has 1 N–H and O–H groups in total. The predicted molar refractivity (Wildman–Crippen MR) is 90.6 cm³/mol. The molecule has 0 radical (unpaired) electrons. The fourth-order valence-electron chi connectivity index (χ4n) is 2.97. The Labute approximate surface area is 139 Å². The van der Waals surface area contributed by atoms with Gasteiger partial charge in [-0.2, -0.15) is 0 Å². The number of rotatable bonds is 3. The van der Waals surface area contributed by atoms with Crippen LogP contribution in [-0.2, 0) is 27.5 Å². The monoisotopic (exact) mass is 341 g/mol. The van der Waals surface area contributed by atoms with Gasteiger partial charge in [0, 0.05) is 17.5 Å². The maximum absolute atomic E-state index is 12.2. The Morgan fingerprint density at radius 1 is 1.17 bits per heavy atom. The Morgan fingerprint density at radius 2 is 2.04 bits per heavy atom. The number of amides is 1. The van der Waals surface area contributed by atoms with Crippen molar-refractivity contribution in [3.8, 4) is 5.75 Å². The van der Waals surface area contributed by atoms with Gasteiger partial charge < -0.3 is 10.1 Å². The number of anilines is 1. The van der Waals surface area contributed by atoms with Crippen LogP contribution in [0.5, 0.6) is 5.75 Å². The highest BCUT2D eigenvalue weighted by molar-refractivity contribution is 7.94. The average molecular weight is 341 g/mol. The van der Waals surface area contributed by atoms with Crippen molar-refractivity contribution in [2.75, 3.05) is 11.9 Å². The van der Waals surface area contributed by atoms with Gasteiger partial charge in [-0.1, -0.05) is 18.2 Å². The summed E-state index contributed by atoms with van der Waals surface area (Å²) in [4.78, 5) is 12.5. The first kappa shape index (κ1) is 15.0. The molecule has 0 saturated heterocycles. The minimum Gasteiger partial charge on any atom is -0.493 e. The molecule has 0 atom stereocenters. The number of nitrogens with one attached hydrogen (secondary N) is 1. The van der Waals surface area contributed by atoms with Crippen molar-refractivity contribution >= 4 is 27.5 Å². The van der Waals surface area contributed by atoms with Gasteiger partial charge in [-0.3, -0.25) is 4.79 Å². The maximum atomic E-state index is 12.2. The SMILES string of the molecule is O=C(Cc1ccc2c(c1)CCO2)Nc1ccc2c(c1)S(=O)(=O)C=C2. The van der Waals surface area contributed by atoms with E-state index >= 15 is 0 Å². The fraction of sp³-hybridized carbons (Fsp3) is 0.167. The van der Waals surface area contributed by atoms with Crippen molar-refractivity contribution < 1.29 is 17.9 Å². The number of ether oxygens (including phenoxy) is 1. The average Bonchev–Trinajstić information content (AvgIpc) is 3.12. The van der Waals surface area contributed by atoms with E-state index in [-0.39, 0.29) is 17.2 Å². The molecule has 4 rings (SSSR count). The van der Waals surface area contributed by atoms with Crippen LogP contribution < -0.4 is 10.1 Å². The van der Waals surface area contributed by atoms with Crippen LogP contribution in [0.3, 0.4) is 0 Å². The molecule has 6 heteroatoms. The number of sulfone groups is 1. The lowest BCUT2D eigenvalue weighted by molar-refractivity contribution is -0.115. The minimum absolute atomic E-state index is 0.183. The lowest BCUT2D eigenvalue weighted by Crippen LogP contribution is -2.14. The van der Waals surface area contributed by atoms with Crippen molar-refractivity contribution in [1.82, 2.24) is 0 Å². The third-order valence-corrected chi connectivity index (χ3v) is 5.61. The number of fused-ring (bicyclic) bond motifs is 2. The number of hydrogen-bond acceptors (Lipinski definition) is 4. The molecule has 2 aliphatic rings. The topological polar surface area (TPSA) is 72.5 Å². The molecule has 0 spiro atoms. The van der Waals surface area contributed by atoms with Crippen LogP contribution in [0, 0.1) is 0 Å². The van der Waals surface area contributed by atoms with E-state index in [2.05, 4.69) is 5.32 Å². The molecule has 0 fully saturated rings. The molecule has 0 saturated carbocycles. The van der Waals surface area contributed by atoms with E-state index in [1.165, 1.54) is 11.5 Å². The van der Waals surface area contributed by atoms with Gasteiger partial charge in [-0.05, 0) is 41.0 Å². The third-order valence-electron chi connectivity index (χ3n) is 4.15. The molecule has 2 aromatic rings. The van der Waals surface area contributed by atoms with Gasteiger partial charge >= 0.3 is 0 Å². The summed E-state index contributed by atoms with van der Waals surface area (Å²) < 4.78 is 29.2. The molecule has 2 aromatic carbocycles. The standard InChI is InChI=1S/C18H15NO4S/c20-18(10-12-1-4-16-14(9-12)5-7-23-16)19-15-3-2-13-6-8-24(21,22)17(13)11-15/h1-4,6,8-9,11H,5,7,10H2,(H,19,20). The first-order chi connectivity index (χ1) is 11.5. The van der Waals surface area contributed by atoms with Gasteiger partial charge in [0.15, 0.2) is 0 Å². The quantitative estimate of drug-likeness (QED) is 0.931. The molecule has 24 heavy (non-hydrogen) atoms. The normalized spacial score (nSPS) is 16.3. The molecule has 1 amide bonds. The first-order valence-corrected chi connectivity index (χ1v) is 9.18. The summed E-state index contributed by atoms with van der Waals surface area (Å²) in [5.41, 5.74) is 3.16. The van der Waals surface area contributed by atoms with Crippen LogP contribution in [-0.4, -0.2) is 20.9 Å². The maximum Gasteiger partial charge on any atom is 0.228 e. The van der Waals surface area contributed by atoms with E-state index in [1.54, 1.807) is 18.2 Å². The van der Waals surface area contributed by atoms with Crippen LogP contribution in [0.4, 0.5) is 5.69 Å². The van der Waals surface area contributed by atoms with Gasteiger partial charge in [-0.15, -0.1) is 0 Å². The van der Waals surface area contributed by atoms with Crippen molar-refractivity contribution in [3.63, 3.8) is 0 Å². The smallest absolute Gasteiger partial charge is 0.228 e. The van der Waals surface area contributed by atoms with Crippen LogP contribution >= 0.6 is 0 Å². The van der Waals surface area contributed by atoms with Gasteiger partial charge in [0.05, 0.1) is 17.9 Å². The Bertz CT molecular complexity index is 977. The molecule has 122 valence electrons. The summed E-state index contributed by atoms with van der Waals surface area (Å²) >= 11 is 0. The second-order valence-electron chi connectivity index (χ2n) is 5.87. The summed E-state index contributed by atoms with van der Waals surface area (Å²) in [7, 11) is -3.38. The zero-order valence-corrected chi connectivity index (χ0v) is 13.6. The number of carbonyl (C=O) groups is 1. The zero-order chi connectivity index (χ0) is 16.7. The number of hydrogen-bond donors (Lipinski definition) is 1. The summed E-state index contributed by atoms with van der Waals surface area (Å²) in [5.74, 6) is 0.702. The van der Waals surface area contributed by atoms with Gasteiger partial charge in [0.25, 0.3) is 0 Å². The Kier molecular flexibility index (Phi) is 3.42. The van der Waals surface area contributed by atoms with E-state index < -0.39 is 9.84 Å². The molecular formula is C18H15NO4S. The Balaban J connectivity index is 1.49. The van der Waals surface area contributed by atoms with Gasteiger partial charge in [0.2, 0.25) is 15.7 Å². The summed E-state index contributed by atoms with van der Waals surface area (Å²) in [5, 5.41) is 3.94. The third kappa shape index (κ3) is 2.69. The predicted octanol–water partition coefficient (Wildman–Crippen LogP) is 2.56. The fourth-order valence-corrected chi connectivity index (χ4v) is 4.20. The second-order valence-corrected chi connectivity index (χ2v) is 7.67. The van der Waals surface area contributed by atoms with Crippen molar-refractivity contribution in [1.29, 1.82) is 0 Å². The van der Waals surface area contributed by atoms with Crippen LogP contribution in [0.2, 0.25) is 0 Å². The molecular weight excluding hydrogens is 326 g/mol. The zero-order valence-electron chi connectivity index (χ0n) is 12.8. The van der Waals surface area contributed by atoms with E-state index in [0.717, 1.165) is 23.3 Å². The van der Waals surface area contributed by atoms with E-state index in [1.807, 2.05) is 18.2 Å². The number of benzene rings is 2. The molecule has 0 unspecified atom stereocenters. The molecule has 2 aliphatic heterocycles. The van der Waals surface area contributed by atoms with Crippen LogP contribution in [0.15, 0.2) is 46.7 Å². The number of carbonyl (C=O) groups excluding carboxylic acids is 1. The second kappa shape index (κ2) is 5.49. The molecule has 0 bridgehead atoms. The highest BCUT2D eigenvalue weighted by Gasteiger charge is 2.21.